The van der Waals surface area contributed by atoms with Crippen molar-refractivity contribution in [2.45, 2.75) is 11.6 Å². The molecule has 0 spiro atoms. The Morgan fingerprint density at radius 3 is 2.89 bits per heavy atom. The van der Waals surface area contributed by atoms with Crippen LogP contribution in [0.5, 0.6) is 0 Å². The Balaban J connectivity index is 1.90. The molecule has 0 bridgehead atoms. The Kier molecular flexibility index (Phi) is 2.97. The number of benzene rings is 1. The van der Waals surface area contributed by atoms with Crippen molar-refractivity contribution in [2.24, 2.45) is 0 Å². The molecule has 0 saturated carbocycles. The first-order valence-corrected chi connectivity index (χ1v) is 6.68. The lowest BCUT2D eigenvalue weighted by atomic mass is 10.1. The normalized spacial score (nSPS) is 13.3. The van der Waals surface area contributed by atoms with Gasteiger partial charge in [-0.15, -0.1) is 0 Å². The van der Waals surface area contributed by atoms with E-state index in [-0.39, 0.29) is 0 Å². The van der Waals surface area contributed by atoms with E-state index >= 15 is 0 Å². The average Bonchev–Trinajstić information content (AvgIpc) is 2.72. The van der Waals surface area contributed by atoms with Gasteiger partial charge in [-0.2, -0.15) is 0 Å². The van der Waals surface area contributed by atoms with E-state index in [0.29, 0.717) is 16.1 Å². The number of nitrogen functional groups attached to an aromatic ring is 1. The summed E-state index contributed by atoms with van der Waals surface area (Å²) in [5.74, 6) is 0.393. The largest absolute Gasteiger partial charge is 0.384 e. The molecule has 1 aromatic carbocycles. The smallest absolute Gasteiger partial charge is 0.195 e. The van der Waals surface area contributed by atoms with Gasteiger partial charge >= 0.3 is 0 Å². The molecule has 0 saturated heterocycles. The van der Waals surface area contributed by atoms with E-state index in [4.69, 9.17) is 17.3 Å². The van der Waals surface area contributed by atoms with Crippen LogP contribution < -0.4 is 5.73 Å². The number of nitrogens with two attached hydrogens (primary N) is 1. The van der Waals surface area contributed by atoms with Gasteiger partial charge in [-0.3, -0.25) is 0 Å². The van der Waals surface area contributed by atoms with E-state index in [1.807, 2.05) is 12.1 Å². The topological polar surface area (TPSA) is 51.8 Å². The summed E-state index contributed by atoms with van der Waals surface area (Å²) in [6, 6.07) is 9.87. The first-order chi connectivity index (χ1) is 8.72. The molecule has 3 nitrogen and oxygen atoms in total. The zero-order valence-electron chi connectivity index (χ0n) is 9.43. The van der Waals surface area contributed by atoms with E-state index in [1.54, 1.807) is 6.07 Å². The van der Waals surface area contributed by atoms with Gasteiger partial charge < -0.3 is 5.73 Å². The molecular formula is C13H10ClN3S. The number of thioether (sulfide) groups is 1. The number of fused-ring (bicyclic) bond motifs is 1. The highest BCUT2D eigenvalue weighted by Gasteiger charge is 2.15. The van der Waals surface area contributed by atoms with Gasteiger partial charge in [0.25, 0.3) is 0 Å². The third-order valence-corrected chi connectivity index (χ3v) is 3.85. The van der Waals surface area contributed by atoms with Crippen LogP contribution in [0.25, 0.3) is 4.91 Å². The monoisotopic (exact) mass is 275 g/mol. The van der Waals surface area contributed by atoms with Crippen LogP contribution in [0.3, 0.4) is 0 Å². The number of halogens is 1. The Morgan fingerprint density at radius 1 is 1.22 bits per heavy atom. The second-order valence-corrected chi connectivity index (χ2v) is 5.33. The molecule has 2 aromatic rings. The number of nitrogens with zero attached hydrogens (tertiary/aromatic N) is 2. The first kappa shape index (κ1) is 11.6. The van der Waals surface area contributed by atoms with Crippen LogP contribution in [-0.2, 0) is 6.42 Å². The van der Waals surface area contributed by atoms with Gasteiger partial charge in [0, 0.05) is 11.0 Å². The molecule has 90 valence electrons. The van der Waals surface area contributed by atoms with Crippen molar-refractivity contribution in [3.05, 3.63) is 52.7 Å². The number of aromatic nitrogens is 2. The molecule has 0 atom stereocenters. The van der Waals surface area contributed by atoms with E-state index < -0.39 is 0 Å². The molecule has 1 heterocycles. The summed E-state index contributed by atoms with van der Waals surface area (Å²) in [7, 11) is 0. The Bertz CT molecular complexity index is 620. The van der Waals surface area contributed by atoms with Gasteiger partial charge in [0.05, 0.1) is 0 Å². The number of rotatable bonds is 2. The van der Waals surface area contributed by atoms with Crippen molar-refractivity contribution in [1.82, 2.24) is 9.97 Å². The fraction of sp³-hybridized carbons (Fsp3) is 0.0769. The summed E-state index contributed by atoms with van der Waals surface area (Å²) in [4.78, 5) is 9.50. The number of hydrogen-bond donors (Lipinski definition) is 1. The molecule has 0 amide bonds. The van der Waals surface area contributed by atoms with Gasteiger partial charge in [0.1, 0.15) is 11.0 Å². The molecule has 0 radical (unpaired) electrons. The average molecular weight is 276 g/mol. The molecule has 18 heavy (non-hydrogen) atoms. The molecule has 5 heteroatoms. The maximum Gasteiger partial charge on any atom is 0.195 e. The highest BCUT2D eigenvalue weighted by atomic mass is 35.5. The fourth-order valence-electron chi connectivity index (χ4n) is 1.91. The molecule has 3 rings (SSSR count). The molecule has 0 aliphatic heterocycles. The van der Waals surface area contributed by atoms with Crippen molar-refractivity contribution in [2.75, 3.05) is 5.73 Å². The van der Waals surface area contributed by atoms with Crippen LogP contribution in [0.15, 0.2) is 41.6 Å². The molecule has 1 aliphatic rings. The Labute approximate surface area is 114 Å². The zero-order chi connectivity index (χ0) is 12.5. The minimum Gasteiger partial charge on any atom is -0.384 e. The highest BCUT2D eigenvalue weighted by Crippen LogP contribution is 2.38. The van der Waals surface area contributed by atoms with Gasteiger partial charge in [-0.1, -0.05) is 41.9 Å². The summed E-state index contributed by atoms with van der Waals surface area (Å²) in [6.07, 6.45) is 3.13. The molecule has 0 fully saturated rings. The minimum absolute atomic E-state index is 0.372. The van der Waals surface area contributed by atoms with Crippen LogP contribution >= 0.6 is 23.4 Å². The Morgan fingerprint density at radius 2 is 2.06 bits per heavy atom. The summed E-state index contributed by atoms with van der Waals surface area (Å²) < 4.78 is 0. The van der Waals surface area contributed by atoms with Gasteiger partial charge in [-0.05, 0) is 29.3 Å². The lowest BCUT2D eigenvalue weighted by molar-refractivity contribution is 0.981. The van der Waals surface area contributed by atoms with Crippen molar-refractivity contribution in [3.63, 3.8) is 0 Å². The minimum atomic E-state index is 0.372. The third kappa shape index (κ3) is 2.21. The molecule has 2 N–H and O–H groups in total. The van der Waals surface area contributed by atoms with Crippen LogP contribution in [0, 0.1) is 0 Å². The predicted molar refractivity (Wildman–Crippen MR) is 75.4 cm³/mol. The van der Waals surface area contributed by atoms with E-state index in [9.17, 15) is 0 Å². The van der Waals surface area contributed by atoms with Gasteiger partial charge in [0.15, 0.2) is 5.16 Å². The lowest BCUT2D eigenvalue weighted by Gasteiger charge is -2.05. The lowest BCUT2D eigenvalue weighted by Crippen LogP contribution is -1.94. The van der Waals surface area contributed by atoms with Crippen LogP contribution in [0.1, 0.15) is 11.1 Å². The maximum absolute atomic E-state index is 5.87. The predicted octanol–water partition coefficient (Wildman–Crippen LogP) is 3.40. The highest BCUT2D eigenvalue weighted by molar-refractivity contribution is 8.08. The molecule has 1 aromatic heterocycles. The Hall–Kier alpha value is -1.52. The van der Waals surface area contributed by atoms with Gasteiger partial charge in [-0.25, -0.2) is 9.97 Å². The van der Waals surface area contributed by atoms with Gasteiger partial charge in [0.2, 0.25) is 0 Å². The zero-order valence-corrected chi connectivity index (χ0v) is 11.0. The first-order valence-electron chi connectivity index (χ1n) is 5.49. The quantitative estimate of drug-likeness (QED) is 0.674. The van der Waals surface area contributed by atoms with Crippen molar-refractivity contribution < 1.29 is 0 Å². The molecule has 1 aliphatic carbocycles. The SMILES string of the molecule is Nc1cc(Cl)nc(SC2=CCc3ccccc32)n1. The van der Waals surface area contributed by atoms with Crippen LogP contribution in [0.2, 0.25) is 5.15 Å². The summed E-state index contributed by atoms with van der Waals surface area (Å²) >= 11 is 7.37. The molecule has 0 unspecified atom stereocenters. The summed E-state index contributed by atoms with van der Waals surface area (Å²) in [5.41, 5.74) is 8.23. The summed E-state index contributed by atoms with van der Waals surface area (Å²) in [6.45, 7) is 0. The second kappa shape index (κ2) is 4.63. The van der Waals surface area contributed by atoms with Crippen molar-refractivity contribution in [1.29, 1.82) is 0 Å². The van der Waals surface area contributed by atoms with E-state index in [0.717, 1.165) is 11.3 Å². The van der Waals surface area contributed by atoms with Crippen LogP contribution in [-0.4, -0.2) is 9.97 Å². The number of hydrogen-bond acceptors (Lipinski definition) is 4. The summed E-state index contributed by atoms with van der Waals surface area (Å²) in [5, 5.41) is 0.958. The molecular weight excluding hydrogens is 266 g/mol. The van der Waals surface area contributed by atoms with E-state index in [2.05, 4.69) is 28.2 Å². The maximum atomic E-state index is 5.87. The second-order valence-electron chi connectivity index (χ2n) is 3.93. The fourth-order valence-corrected chi connectivity index (χ4v) is 3.11. The number of anilines is 1. The van der Waals surface area contributed by atoms with Crippen LogP contribution in [0.4, 0.5) is 5.82 Å². The number of allylic oxidation sites excluding steroid dienone is 1. The third-order valence-electron chi connectivity index (χ3n) is 2.69. The van der Waals surface area contributed by atoms with Crippen molar-refractivity contribution in [3.8, 4) is 0 Å². The van der Waals surface area contributed by atoms with E-state index in [1.165, 1.54) is 22.9 Å². The standard InChI is InChI=1S/C13H10ClN3S/c14-11-7-12(15)17-13(16-11)18-10-6-5-8-3-1-2-4-9(8)10/h1-4,6-7H,5H2,(H2,15,16,17). The van der Waals surface area contributed by atoms with Crippen molar-refractivity contribution >= 4 is 34.1 Å².